The van der Waals surface area contributed by atoms with Crippen LogP contribution < -0.4 is 9.64 Å². The van der Waals surface area contributed by atoms with Gasteiger partial charge in [-0.05, 0) is 66.7 Å². The van der Waals surface area contributed by atoms with Crippen LogP contribution in [0.4, 0.5) is 5.69 Å². The maximum absolute atomic E-state index is 12.9. The van der Waals surface area contributed by atoms with Gasteiger partial charge in [-0.25, -0.2) is 0 Å². The number of benzene rings is 2. The van der Waals surface area contributed by atoms with Crippen molar-refractivity contribution in [2.45, 2.75) is 38.9 Å². The zero-order valence-corrected chi connectivity index (χ0v) is 29.6. The molecule has 0 spiro atoms. The van der Waals surface area contributed by atoms with Gasteiger partial charge in [-0.2, -0.15) is 0 Å². The lowest BCUT2D eigenvalue weighted by molar-refractivity contribution is -0.0144. The Morgan fingerprint density at radius 3 is 1.52 bits per heavy atom. The van der Waals surface area contributed by atoms with Gasteiger partial charge in [0.15, 0.2) is 14.1 Å². The first-order valence-corrected chi connectivity index (χ1v) is 19.3. The quantitative estimate of drug-likeness (QED) is 0.0895. The molecule has 0 aliphatic carbocycles. The maximum atomic E-state index is 12.9. The molecular formula is C35H55NO9Si. The molecule has 1 saturated heterocycles. The summed E-state index contributed by atoms with van der Waals surface area (Å²) in [5.74, 6) is 0.682. The van der Waals surface area contributed by atoms with E-state index >= 15 is 0 Å². The van der Waals surface area contributed by atoms with Gasteiger partial charge in [-0.3, -0.25) is 4.79 Å². The van der Waals surface area contributed by atoms with E-state index in [1.165, 1.54) is 0 Å². The van der Waals surface area contributed by atoms with Gasteiger partial charge in [0.2, 0.25) is 0 Å². The second-order valence-corrected chi connectivity index (χ2v) is 17.3. The molecule has 2 aromatic rings. The van der Waals surface area contributed by atoms with Crippen LogP contribution >= 0.6 is 0 Å². The minimum atomic E-state index is -1.70. The van der Waals surface area contributed by atoms with Crippen molar-refractivity contribution in [1.82, 2.24) is 0 Å². The van der Waals surface area contributed by atoms with Crippen LogP contribution in [0.25, 0.3) is 0 Å². The van der Waals surface area contributed by atoms with Gasteiger partial charge >= 0.3 is 0 Å². The van der Waals surface area contributed by atoms with Crippen molar-refractivity contribution >= 4 is 19.8 Å². The van der Waals surface area contributed by atoms with E-state index in [9.17, 15) is 4.79 Å². The van der Waals surface area contributed by atoms with Gasteiger partial charge in [0, 0.05) is 29.9 Å². The molecule has 0 unspecified atom stereocenters. The highest BCUT2D eigenvalue weighted by atomic mass is 28.4. The van der Waals surface area contributed by atoms with Crippen molar-refractivity contribution in [2.75, 3.05) is 110 Å². The minimum absolute atomic E-state index is 0.0120. The fraction of sp³-hybridized carbons (Fsp3) is 0.629. The molecule has 1 aliphatic rings. The van der Waals surface area contributed by atoms with E-state index in [2.05, 4.69) is 38.8 Å². The van der Waals surface area contributed by atoms with Crippen LogP contribution in [-0.2, 0) is 32.8 Å². The number of carbonyl (C=O) groups is 1. The lowest BCUT2D eigenvalue weighted by Gasteiger charge is -2.36. The summed E-state index contributed by atoms with van der Waals surface area (Å²) in [4.78, 5) is 15.2. The van der Waals surface area contributed by atoms with Gasteiger partial charge in [-0.15, -0.1) is 0 Å². The third kappa shape index (κ3) is 14.2. The highest BCUT2D eigenvalue weighted by molar-refractivity contribution is 6.74. The van der Waals surface area contributed by atoms with Crippen molar-refractivity contribution < 1.29 is 42.4 Å². The van der Waals surface area contributed by atoms with E-state index in [0.717, 1.165) is 32.0 Å². The monoisotopic (exact) mass is 661 g/mol. The SMILES string of the molecule is CC(C)(C)[Si](C)(C)OCCOCCOCCOCCOCCOCCOc1ccc(C(=O)c2ccc(N3CCOCC3)cc2)cc1. The second-order valence-electron chi connectivity index (χ2n) is 12.5. The Kier molecular flexibility index (Phi) is 17.2. The number of ether oxygens (including phenoxy) is 7. The highest BCUT2D eigenvalue weighted by Gasteiger charge is 2.36. The van der Waals surface area contributed by atoms with Crippen LogP contribution in [-0.4, -0.2) is 120 Å². The van der Waals surface area contributed by atoms with E-state index in [0.29, 0.717) is 96.2 Å². The van der Waals surface area contributed by atoms with Crippen LogP contribution in [0, 0.1) is 0 Å². The predicted molar refractivity (Wildman–Crippen MR) is 182 cm³/mol. The fourth-order valence-corrected chi connectivity index (χ4v) is 5.31. The first kappa shape index (κ1) is 38.1. The Morgan fingerprint density at radius 1 is 0.652 bits per heavy atom. The molecular weight excluding hydrogens is 606 g/mol. The van der Waals surface area contributed by atoms with E-state index in [1.54, 1.807) is 12.1 Å². The van der Waals surface area contributed by atoms with E-state index in [4.69, 9.17) is 37.6 Å². The summed E-state index contributed by atoms with van der Waals surface area (Å²) >= 11 is 0. The zero-order valence-electron chi connectivity index (χ0n) is 28.6. The van der Waals surface area contributed by atoms with Crippen molar-refractivity contribution in [3.05, 3.63) is 59.7 Å². The summed E-state index contributed by atoms with van der Waals surface area (Å²) in [7, 11) is -1.70. The lowest BCUT2D eigenvalue weighted by atomic mass is 10.0. The number of hydrogen-bond donors (Lipinski definition) is 0. The molecule has 0 aromatic heterocycles. The Balaban J connectivity index is 1.10. The summed E-state index contributed by atoms with van der Waals surface area (Å²) in [5, 5.41) is 0.213. The molecule has 0 atom stereocenters. The van der Waals surface area contributed by atoms with E-state index in [1.807, 2.05) is 36.4 Å². The molecule has 0 radical (unpaired) electrons. The molecule has 1 aliphatic heterocycles. The summed E-state index contributed by atoms with van der Waals surface area (Å²) in [6.45, 7) is 20.6. The van der Waals surface area contributed by atoms with Crippen LogP contribution in [0.15, 0.2) is 48.5 Å². The third-order valence-corrected chi connectivity index (χ3v) is 12.6. The van der Waals surface area contributed by atoms with Gasteiger partial charge in [0.05, 0.1) is 85.9 Å². The molecule has 46 heavy (non-hydrogen) atoms. The molecule has 0 amide bonds. The van der Waals surface area contributed by atoms with Gasteiger partial charge in [-0.1, -0.05) is 20.8 Å². The third-order valence-electron chi connectivity index (χ3n) is 8.10. The highest BCUT2D eigenvalue weighted by Crippen LogP contribution is 2.36. The van der Waals surface area contributed by atoms with Gasteiger partial charge < -0.3 is 42.5 Å². The summed E-state index contributed by atoms with van der Waals surface area (Å²) in [6, 6.07) is 15.0. The summed E-state index contributed by atoms with van der Waals surface area (Å²) < 4.78 is 45.0. The maximum Gasteiger partial charge on any atom is 0.193 e. The molecule has 2 aromatic carbocycles. The van der Waals surface area contributed by atoms with Crippen LogP contribution in [0.5, 0.6) is 5.75 Å². The number of nitrogens with zero attached hydrogens (tertiary/aromatic N) is 1. The molecule has 3 rings (SSSR count). The topological polar surface area (TPSA) is 94.2 Å². The van der Waals surface area contributed by atoms with Gasteiger partial charge in [0.25, 0.3) is 0 Å². The van der Waals surface area contributed by atoms with E-state index in [-0.39, 0.29) is 10.8 Å². The van der Waals surface area contributed by atoms with Crippen LogP contribution in [0.2, 0.25) is 18.1 Å². The Morgan fingerprint density at radius 2 is 1.07 bits per heavy atom. The molecule has 1 heterocycles. The lowest BCUT2D eigenvalue weighted by Crippen LogP contribution is -2.41. The van der Waals surface area contributed by atoms with Crippen molar-refractivity contribution in [1.29, 1.82) is 0 Å². The van der Waals surface area contributed by atoms with Crippen molar-refractivity contribution in [3.63, 3.8) is 0 Å². The fourth-order valence-electron chi connectivity index (χ4n) is 4.29. The second kappa shape index (κ2) is 20.8. The molecule has 0 bridgehead atoms. The Bertz CT molecular complexity index is 1100. The molecule has 10 nitrogen and oxygen atoms in total. The number of hydrogen-bond acceptors (Lipinski definition) is 10. The van der Waals surface area contributed by atoms with E-state index < -0.39 is 8.32 Å². The summed E-state index contributed by atoms with van der Waals surface area (Å²) in [6.07, 6.45) is 0. The normalized spacial score (nSPS) is 14.1. The first-order chi connectivity index (χ1) is 22.2. The smallest absolute Gasteiger partial charge is 0.193 e. The van der Waals surface area contributed by atoms with Gasteiger partial charge in [0.1, 0.15) is 12.4 Å². The summed E-state index contributed by atoms with van der Waals surface area (Å²) in [5.41, 5.74) is 2.40. The average molecular weight is 662 g/mol. The predicted octanol–water partition coefficient (Wildman–Crippen LogP) is 5.24. The number of anilines is 1. The average Bonchev–Trinajstić information content (AvgIpc) is 3.05. The first-order valence-electron chi connectivity index (χ1n) is 16.4. The number of ketones is 1. The Labute approximate surface area is 276 Å². The van der Waals surface area contributed by atoms with Crippen molar-refractivity contribution in [2.24, 2.45) is 0 Å². The number of morpholine rings is 1. The molecule has 0 saturated carbocycles. The number of carbonyl (C=O) groups excluding carboxylic acids is 1. The largest absolute Gasteiger partial charge is 0.491 e. The van der Waals surface area contributed by atoms with Crippen LogP contribution in [0.1, 0.15) is 36.7 Å². The molecule has 258 valence electrons. The molecule has 11 heteroatoms. The van der Waals surface area contributed by atoms with Crippen LogP contribution in [0.3, 0.4) is 0 Å². The Hall–Kier alpha value is -2.35. The zero-order chi connectivity index (χ0) is 33.1. The molecule has 1 fully saturated rings. The standard InChI is InChI=1S/C35H55NO9Si/c1-35(2,3)46(4,5)45-29-27-43-25-23-41-21-19-39-18-20-40-22-24-42-26-28-44-33-12-8-31(9-13-33)34(37)30-6-10-32(11-7-30)36-14-16-38-17-15-36/h6-13H,14-29H2,1-5H3. The molecule has 0 N–H and O–H groups in total. The van der Waals surface area contributed by atoms with Crippen molar-refractivity contribution in [3.8, 4) is 5.75 Å². The minimum Gasteiger partial charge on any atom is -0.491 e. The number of rotatable bonds is 23.